The van der Waals surface area contributed by atoms with Crippen LogP contribution in [-0.4, -0.2) is 56.7 Å². The van der Waals surface area contributed by atoms with Gasteiger partial charge in [-0.1, -0.05) is 12.1 Å². The highest BCUT2D eigenvalue weighted by Crippen LogP contribution is 2.21. The molecule has 0 aromatic heterocycles. The van der Waals surface area contributed by atoms with Gasteiger partial charge in [-0.2, -0.15) is 0 Å². The number of phenolic OH excluding ortho intramolecular Hbond substituents is 1. The standard InChI is InChI=1S/C24H37NO8/c1-23(2,3)32-21(30)19(27)18(25-22(31)33-24(4,5)6)14-11-16(20(28)29)10-7-15-8-12-17(26)13-9-15/h8-9,12-13,16,18-19,26-27H,7,10-11,14H2,1-6H3,(H,25,31)(H,28,29)/t16?,18-,19?/m0/s1. The van der Waals surface area contributed by atoms with Crippen LogP contribution in [0.4, 0.5) is 4.79 Å². The van der Waals surface area contributed by atoms with E-state index in [0.717, 1.165) is 5.56 Å². The largest absolute Gasteiger partial charge is 0.508 e. The van der Waals surface area contributed by atoms with E-state index in [1.165, 1.54) is 12.1 Å². The highest BCUT2D eigenvalue weighted by atomic mass is 16.6. The molecule has 1 amide bonds. The maximum absolute atomic E-state index is 12.4. The molecule has 1 aromatic rings. The molecule has 1 aromatic carbocycles. The van der Waals surface area contributed by atoms with E-state index in [0.29, 0.717) is 12.8 Å². The van der Waals surface area contributed by atoms with Crippen LogP contribution in [0.25, 0.3) is 0 Å². The fourth-order valence-corrected chi connectivity index (χ4v) is 3.07. The number of aromatic hydroxyl groups is 1. The molecule has 0 heterocycles. The number of alkyl carbamates (subject to hydrolysis) is 1. The summed E-state index contributed by atoms with van der Waals surface area (Å²) in [7, 11) is 0. The van der Waals surface area contributed by atoms with Crippen molar-refractivity contribution >= 4 is 18.0 Å². The van der Waals surface area contributed by atoms with Crippen LogP contribution in [0.15, 0.2) is 24.3 Å². The second-order valence-corrected chi connectivity index (χ2v) is 10.0. The van der Waals surface area contributed by atoms with Crippen LogP contribution in [0.5, 0.6) is 5.75 Å². The average Bonchev–Trinajstić information content (AvgIpc) is 2.64. The zero-order valence-corrected chi connectivity index (χ0v) is 20.3. The van der Waals surface area contributed by atoms with Crippen molar-refractivity contribution in [3.8, 4) is 5.75 Å². The lowest BCUT2D eigenvalue weighted by Gasteiger charge is -2.28. The molecule has 0 spiro atoms. The number of aliphatic carboxylic acids is 1. The van der Waals surface area contributed by atoms with Crippen molar-refractivity contribution in [3.05, 3.63) is 29.8 Å². The van der Waals surface area contributed by atoms with E-state index < -0.39 is 47.3 Å². The van der Waals surface area contributed by atoms with Gasteiger partial charge in [-0.15, -0.1) is 0 Å². The Morgan fingerprint density at radius 1 is 0.909 bits per heavy atom. The van der Waals surface area contributed by atoms with Crippen molar-refractivity contribution < 1.29 is 39.2 Å². The fraction of sp³-hybridized carbons (Fsp3) is 0.625. The van der Waals surface area contributed by atoms with Gasteiger partial charge in [-0.25, -0.2) is 9.59 Å². The Balaban J connectivity index is 2.88. The molecular formula is C24H37NO8. The van der Waals surface area contributed by atoms with Crippen LogP contribution < -0.4 is 5.32 Å². The fourth-order valence-electron chi connectivity index (χ4n) is 3.07. The molecule has 9 nitrogen and oxygen atoms in total. The van der Waals surface area contributed by atoms with E-state index in [4.69, 9.17) is 9.47 Å². The predicted molar refractivity (Wildman–Crippen MR) is 122 cm³/mol. The first-order valence-corrected chi connectivity index (χ1v) is 11.0. The third-order valence-electron chi connectivity index (χ3n) is 4.62. The van der Waals surface area contributed by atoms with Crippen LogP contribution in [-0.2, 0) is 25.5 Å². The van der Waals surface area contributed by atoms with E-state index in [9.17, 15) is 29.7 Å². The summed E-state index contributed by atoms with van der Waals surface area (Å²) in [6, 6.07) is 5.40. The molecule has 186 valence electrons. The Hall–Kier alpha value is -2.81. The number of carboxylic acids is 1. The number of carboxylic acid groups (broad SMARTS) is 1. The number of ether oxygens (including phenoxy) is 2. The Morgan fingerprint density at radius 2 is 1.45 bits per heavy atom. The van der Waals surface area contributed by atoms with Crippen LogP contribution in [0.2, 0.25) is 0 Å². The van der Waals surface area contributed by atoms with Gasteiger partial charge in [0, 0.05) is 0 Å². The molecule has 2 unspecified atom stereocenters. The molecular weight excluding hydrogens is 430 g/mol. The van der Waals surface area contributed by atoms with Crippen LogP contribution >= 0.6 is 0 Å². The highest BCUT2D eigenvalue weighted by Gasteiger charge is 2.33. The van der Waals surface area contributed by atoms with Gasteiger partial charge in [0.25, 0.3) is 0 Å². The van der Waals surface area contributed by atoms with Gasteiger partial charge in [0.1, 0.15) is 17.0 Å². The normalized spacial score (nSPS) is 14.6. The molecule has 1 rings (SSSR count). The summed E-state index contributed by atoms with van der Waals surface area (Å²) < 4.78 is 10.4. The number of phenols is 1. The molecule has 3 atom stereocenters. The second kappa shape index (κ2) is 11.9. The van der Waals surface area contributed by atoms with E-state index in [2.05, 4.69) is 5.32 Å². The van der Waals surface area contributed by atoms with Crippen molar-refractivity contribution in [3.63, 3.8) is 0 Å². The minimum atomic E-state index is -1.69. The molecule has 33 heavy (non-hydrogen) atoms. The van der Waals surface area contributed by atoms with Crippen molar-refractivity contribution in [1.29, 1.82) is 0 Å². The zero-order valence-electron chi connectivity index (χ0n) is 20.3. The number of nitrogens with one attached hydrogen (secondary N) is 1. The second-order valence-electron chi connectivity index (χ2n) is 10.0. The van der Waals surface area contributed by atoms with Gasteiger partial charge in [0.2, 0.25) is 0 Å². The number of benzene rings is 1. The SMILES string of the molecule is CC(C)(C)OC(=O)N[C@@H](CCC(CCc1ccc(O)cc1)C(=O)O)C(O)C(=O)OC(C)(C)C. The first-order chi connectivity index (χ1) is 15.1. The topological polar surface area (TPSA) is 142 Å². The molecule has 0 bridgehead atoms. The first kappa shape index (κ1) is 28.2. The van der Waals surface area contributed by atoms with Gasteiger partial charge in [-0.05, 0) is 84.9 Å². The molecule has 0 radical (unpaired) electrons. The van der Waals surface area contributed by atoms with E-state index in [-0.39, 0.29) is 18.6 Å². The van der Waals surface area contributed by atoms with Gasteiger partial charge in [-0.3, -0.25) is 4.79 Å². The number of carbonyl (C=O) groups is 3. The number of hydrogen-bond donors (Lipinski definition) is 4. The predicted octanol–water partition coefficient (Wildman–Crippen LogP) is 3.40. The van der Waals surface area contributed by atoms with E-state index >= 15 is 0 Å². The third-order valence-corrected chi connectivity index (χ3v) is 4.62. The van der Waals surface area contributed by atoms with Gasteiger partial charge < -0.3 is 30.1 Å². The number of carbonyl (C=O) groups excluding carboxylic acids is 2. The minimum Gasteiger partial charge on any atom is -0.508 e. The lowest BCUT2D eigenvalue weighted by Crippen LogP contribution is -2.50. The van der Waals surface area contributed by atoms with Crippen molar-refractivity contribution in [2.45, 2.75) is 90.6 Å². The maximum atomic E-state index is 12.4. The summed E-state index contributed by atoms with van der Waals surface area (Å²) in [6.45, 7) is 9.98. The molecule has 0 aliphatic rings. The summed E-state index contributed by atoms with van der Waals surface area (Å²) >= 11 is 0. The van der Waals surface area contributed by atoms with Crippen LogP contribution in [0.1, 0.15) is 66.4 Å². The number of rotatable bonds is 10. The third kappa shape index (κ3) is 11.6. The number of amides is 1. The minimum absolute atomic E-state index is 0.0200. The summed E-state index contributed by atoms with van der Waals surface area (Å²) in [5.74, 6) is -2.58. The molecule has 0 aliphatic heterocycles. The number of aryl methyl sites for hydroxylation is 1. The highest BCUT2D eigenvalue weighted by molar-refractivity contribution is 5.77. The molecule has 0 fully saturated rings. The lowest BCUT2D eigenvalue weighted by molar-refractivity contribution is -0.166. The smallest absolute Gasteiger partial charge is 0.407 e. The molecule has 0 saturated heterocycles. The summed E-state index contributed by atoms with van der Waals surface area (Å²) in [6.07, 6.45) is -1.62. The molecule has 4 N–H and O–H groups in total. The molecule has 0 aliphatic carbocycles. The summed E-state index contributed by atoms with van der Waals surface area (Å²) in [5, 5.41) is 32.1. The Kier molecular flexibility index (Phi) is 10.2. The van der Waals surface area contributed by atoms with Crippen LogP contribution in [0.3, 0.4) is 0 Å². The molecule has 9 heteroatoms. The molecule has 0 saturated carbocycles. The van der Waals surface area contributed by atoms with E-state index in [1.54, 1.807) is 53.7 Å². The zero-order chi connectivity index (χ0) is 25.4. The number of hydrogen-bond acceptors (Lipinski definition) is 7. The Labute approximate surface area is 195 Å². The number of esters is 1. The van der Waals surface area contributed by atoms with E-state index in [1.807, 2.05) is 0 Å². The number of aliphatic hydroxyl groups excluding tert-OH is 1. The van der Waals surface area contributed by atoms with Gasteiger partial charge in [0.15, 0.2) is 6.10 Å². The monoisotopic (exact) mass is 467 g/mol. The van der Waals surface area contributed by atoms with Gasteiger partial charge in [0.05, 0.1) is 12.0 Å². The quantitative estimate of drug-likeness (QED) is 0.384. The van der Waals surface area contributed by atoms with Gasteiger partial charge >= 0.3 is 18.0 Å². The Bertz CT molecular complexity index is 792. The first-order valence-electron chi connectivity index (χ1n) is 11.0. The number of aliphatic hydroxyl groups is 1. The summed E-state index contributed by atoms with van der Waals surface area (Å²) in [4.78, 5) is 36.4. The van der Waals surface area contributed by atoms with Crippen LogP contribution in [0, 0.1) is 5.92 Å². The van der Waals surface area contributed by atoms with Crippen molar-refractivity contribution in [1.82, 2.24) is 5.32 Å². The lowest BCUT2D eigenvalue weighted by atomic mass is 9.92. The average molecular weight is 468 g/mol. The Morgan fingerprint density at radius 3 is 1.94 bits per heavy atom. The summed E-state index contributed by atoms with van der Waals surface area (Å²) in [5.41, 5.74) is -0.766. The van der Waals surface area contributed by atoms with Crippen molar-refractivity contribution in [2.75, 3.05) is 0 Å². The van der Waals surface area contributed by atoms with Crippen molar-refractivity contribution in [2.24, 2.45) is 5.92 Å². The maximum Gasteiger partial charge on any atom is 0.407 e.